The van der Waals surface area contributed by atoms with Crippen molar-refractivity contribution in [2.75, 3.05) is 19.1 Å². The molecule has 176 valence electrons. The number of methoxy groups -OCH3 is 2. The highest BCUT2D eigenvalue weighted by Gasteiger charge is 2.42. The predicted molar refractivity (Wildman–Crippen MR) is 128 cm³/mol. The van der Waals surface area contributed by atoms with Gasteiger partial charge in [0.05, 0.1) is 32.8 Å². The Balaban J connectivity index is 1.65. The van der Waals surface area contributed by atoms with Gasteiger partial charge in [-0.25, -0.2) is 5.48 Å². The van der Waals surface area contributed by atoms with E-state index in [0.29, 0.717) is 23.6 Å². The van der Waals surface area contributed by atoms with E-state index in [1.807, 2.05) is 66.7 Å². The number of nitrogens with zero attached hydrogens (tertiary/aromatic N) is 1. The summed E-state index contributed by atoms with van der Waals surface area (Å²) in [6.07, 6.45) is 0.642. The molecule has 0 bridgehead atoms. The maximum absolute atomic E-state index is 13.3. The zero-order valence-electron chi connectivity index (χ0n) is 19.3. The average molecular weight is 461 g/mol. The third-order valence-corrected chi connectivity index (χ3v) is 6.00. The monoisotopic (exact) mass is 460 g/mol. The molecule has 2 unspecified atom stereocenters. The second kappa shape index (κ2) is 10.9. The lowest BCUT2D eigenvalue weighted by Crippen LogP contribution is -2.48. The number of carbonyl (C=O) groups is 2. The number of carbonyl (C=O) groups excluding carboxylic acids is 2. The van der Waals surface area contributed by atoms with E-state index < -0.39 is 12.0 Å². The maximum atomic E-state index is 13.3. The Bertz CT molecular complexity index is 1120. The number of para-hydroxylation sites is 1. The molecule has 1 saturated heterocycles. The Kier molecular flexibility index (Phi) is 7.44. The fraction of sp³-hybridized carbons (Fsp3) is 0.259. The predicted octanol–water partition coefficient (Wildman–Crippen LogP) is 4.44. The van der Waals surface area contributed by atoms with Crippen LogP contribution in [0.3, 0.4) is 0 Å². The summed E-state index contributed by atoms with van der Waals surface area (Å²) < 4.78 is 10.9. The van der Waals surface area contributed by atoms with Crippen LogP contribution in [-0.2, 0) is 21.0 Å². The van der Waals surface area contributed by atoms with Crippen molar-refractivity contribution in [3.63, 3.8) is 0 Å². The minimum atomic E-state index is -0.564. The SMILES string of the molecule is COc1ccc(N2C(=O)CCC(C(=O)NOCc3ccccc3)C2c2ccccc2OC)cc1. The Hall–Kier alpha value is -3.84. The number of hydrogen-bond donors (Lipinski definition) is 1. The van der Waals surface area contributed by atoms with Crippen molar-refractivity contribution in [3.8, 4) is 11.5 Å². The van der Waals surface area contributed by atoms with Gasteiger partial charge in [0, 0.05) is 17.7 Å². The molecule has 3 aromatic carbocycles. The zero-order chi connectivity index (χ0) is 23.9. The first-order valence-corrected chi connectivity index (χ1v) is 11.2. The average Bonchev–Trinajstić information content (AvgIpc) is 2.89. The quantitative estimate of drug-likeness (QED) is 0.503. The van der Waals surface area contributed by atoms with Crippen LogP contribution in [-0.4, -0.2) is 26.0 Å². The summed E-state index contributed by atoms with van der Waals surface area (Å²) in [5.41, 5.74) is 5.00. The second-order valence-corrected chi connectivity index (χ2v) is 8.03. The summed E-state index contributed by atoms with van der Waals surface area (Å²) in [6.45, 7) is 0.250. The van der Waals surface area contributed by atoms with Crippen LogP contribution in [0.4, 0.5) is 5.69 Å². The van der Waals surface area contributed by atoms with Crippen LogP contribution in [0.1, 0.15) is 30.0 Å². The van der Waals surface area contributed by atoms with Crippen LogP contribution < -0.4 is 19.9 Å². The smallest absolute Gasteiger partial charge is 0.249 e. The molecule has 3 aromatic rings. The molecule has 0 saturated carbocycles. The van der Waals surface area contributed by atoms with Crippen molar-refractivity contribution < 1.29 is 23.9 Å². The number of hydrogen-bond acceptors (Lipinski definition) is 5. The van der Waals surface area contributed by atoms with E-state index in [4.69, 9.17) is 14.3 Å². The summed E-state index contributed by atoms with van der Waals surface area (Å²) in [4.78, 5) is 33.7. The summed E-state index contributed by atoms with van der Waals surface area (Å²) in [6, 6.07) is 23.8. The van der Waals surface area contributed by atoms with Crippen molar-refractivity contribution in [1.29, 1.82) is 0 Å². The Labute approximate surface area is 199 Å². The van der Waals surface area contributed by atoms with Gasteiger partial charge in [-0.3, -0.25) is 14.4 Å². The lowest BCUT2D eigenvalue weighted by atomic mass is 9.83. The van der Waals surface area contributed by atoms with E-state index in [9.17, 15) is 9.59 Å². The number of rotatable bonds is 8. The van der Waals surface area contributed by atoms with Crippen molar-refractivity contribution in [2.45, 2.75) is 25.5 Å². The first-order chi connectivity index (χ1) is 16.6. The number of benzene rings is 3. The molecule has 1 aliphatic rings. The first-order valence-electron chi connectivity index (χ1n) is 11.2. The lowest BCUT2D eigenvalue weighted by molar-refractivity contribution is -0.141. The number of piperidine rings is 1. The van der Waals surface area contributed by atoms with E-state index in [1.54, 1.807) is 31.3 Å². The molecule has 0 spiro atoms. The van der Waals surface area contributed by atoms with Gasteiger partial charge in [0.15, 0.2) is 0 Å². The topological polar surface area (TPSA) is 77.1 Å². The molecule has 2 atom stereocenters. The van der Waals surface area contributed by atoms with Gasteiger partial charge in [0.1, 0.15) is 11.5 Å². The fourth-order valence-electron chi connectivity index (χ4n) is 4.32. The maximum Gasteiger partial charge on any atom is 0.249 e. The van der Waals surface area contributed by atoms with Gasteiger partial charge in [0.2, 0.25) is 11.8 Å². The molecule has 0 aromatic heterocycles. The normalized spacial score (nSPS) is 17.8. The van der Waals surface area contributed by atoms with Gasteiger partial charge >= 0.3 is 0 Å². The van der Waals surface area contributed by atoms with Gasteiger partial charge in [-0.05, 0) is 42.3 Å². The number of amides is 2. The van der Waals surface area contributed by atoms with Crippen LogP contribution in [0.25, 0.3) is 0 Å². The molecule has 0 radical (unpaired) electrons. The van der Waals surface area contributed by atoms with Gasteiger partial charge in [-0.2, -0.15) is 0 Å². The van der Waals surface area contributed by atoms with E-state index in [-0.39, 0.29) is 24.8 Å². The standard InChI is InChI=1S/C27H28N2O5/c1-32-21-14-12-20(13-15-21)29-25(30)17-16-23(26(29)22-10-6-7-11-24(22)33-2)27(31)28-34-18-19-8-4-3-5-9-19/h3-15,23,26H,16-18H2,1-2H3,(H,28,31). The minimum Gasteiger partial charge on any atom is -0.497 e. The third kappa shape index (κ3) is 5.05. The van der Waals surface area contributed by atoms with E-state index in [1.165, 1.54) is 0 Å². The number of hydroxylamine groups is 1. The van der Waals surface area contributed by atoms with E-state index in [2.05, 4.69) is 5.48 Å². The van der Waals surface area contributed by atoms with E-state index in [0.717, 1.165) is 11.1 Å². The van der Waals surface area contributed by atoms with Crippen molar-refractivity contribution in [1.82, 2.24) is 5.48 Å². The van der Waals surface area contributed by atoms with Crippen LogP contribution in [0.15, 0.2) is 78.9 Å². The summed E-state index contributed by atoms with van der Waals surface area (Å²) in [5, 5.41) is 0. The van der Waals surface area contributed by atoms with Crippen LogP contribution in [0, 0.1) is 5.92 Å². The Morgan fingerprint density at radius 2 is 1.65 bits per heavy atom. The zero-order valence-corrected chi connectivity index (χ0v) is 19.3. The van der Waals surface area contributed by atoms with Crippen LogP contribution in [0.5, 0.6) is 11.5 Å². The molecule has 1 heterocycles. The highest BCUT2D eigenvalue weighted by molar-refractivity contribution is 5.97. The van der Waals surface area contributed by atoms with Crippen molar-refractivity contribution >= 4 is 17.5 Å². The lowest BCUT2D eigenvalue weighted by Gasteiger charge is -2.41. The highest BCUT2D eigenvalue weighted by Crippen LogP contribution is 2.43. The van der Waals surface area contributed by atoms with E-state index >= 15 is 0 Å². The van der Waals surface area contributed by atoms with Gasteiger partial charge in [-0.1, -0.05) is 48.5 Å². The molecule has 7 heteroatoms. The molecule has 1 fully saturated rings. The number of anilines is 1. The number of nitrogens with one attached hydrogen (secondary N) is 1. The molecule has 1 N–H and O–H groups in total. The van der Waals surface area contributed by atoms with Gasteiger partial charge in [0.25, 0.3) is 0 Å². The van der Waals surface area contributed by atoms with Gasteiger partial charge < -0.3 is 14.4 Å². The molecular weight excluding hydrogens is 432 g/mol. The second-order valence-electron chi connectivity index (χ2n) is 8.03. The third-order valence-electron chi connectivity index (χ3n) is 6.00. The molecule has 7 nitrogen and oxygen atoms in total. The number of ether oxygens (including phenoxy) is 2. The minimum absolute atomic E-state index is 0.0599. The molecule has 4 rings (SSSR count). The van der Waals surface area contributed by atoms with Gasteiger partial charge in [-0.15, -0.1) is 0 Å². The Morgan fingerprint density at radius 1 is 0.941 bits per heavy atom. The summed E-state index contributed by atoms with van der Waals surface area (Å²) >= 11 is 0. The fourth-order valence-corrected chi connectivity index (χ4v) is 4.32. The molecule has 34 heavy (non-hydrogen) atoms. The first kappa shape index (κ1) is 23.3. The molecule has 1 aliphatic heterocycles. The largest absolute Gasteiger partial charge is 0.497 e. The summed E-state index contributed by atoms with van der Waals surface area (Å²) in [7, 11) is 3.17. The van der Waals surface area contributed by atoms with Crippen LogP contribution >= 0.6 is 0 Å². The molecular formula is C27H28N2O5. The Morgan fingerprint density at radius 3 is 2.35 bits per heavy atom. The van der Waals surface area contributed by atoms with Crippen molar-refractivity contribution in [2.24, 2.45) is 5.92 Å². The van der Waals surface area contributed by atoms with Crippen molar-refractivity contribution in [3.05, 3.63) is 90.0 Å². The highest BCUT2D eigenvalue weighted by atomic mass is 16.6. The molecule has 2 amide bonds. The summed E-state index contributed by atoms with van der Waals surface area (Å²) in [5.74, 6) is 0.425. The van der Waals surface area contributed by atoms with Crippen LogP contribution in [0.2, 0.25) is 0 Å². The molecule has 0 aliphatic carbocycles.